The zero-order chi connectivity index (χ0) is 16.4. The molecule has 0 aliphatic heterocycles. The monoisotopic (exact) mass is 319 g/mol. The summed E-state index contributed by atoms with van der Waals surface area (Å²) in [6.45, 7) is 6.05. The van der Waals surface area contributed by atoms with Crippen LogP contribution in [0.2, 0.25) is 0 Å². The Morgan fingerprint density at radius 1 is 1.36 bits per heavy atom. The van der Waals surface area contributed by atoms with Gasteiger partial charge in [0.2, 0.25) is 5.91 Å². The molecule has 0 saturated heterocycles. The highest BCUT2D eigenvalue weighted by molar-refractivity contribution is 7.12. The summed E-state index contributed by atoms with van der Waals surface area (Å²) in [5, 5.41) is 6.25. The molecule has 0 spiro atoms. The number of amides is 1. The smallest absolute Gasteiger partial charge is 0.227 e. The normalized spacial score (nSPS) is 10.8. The van der Waals surface area contributed by atoms with Gasteiger partial charge in [-0.05, 0) is 37.8 Å². The Morgan fingerprint density at radius 3 is 2.55 bits per heavy atom. The standard InChI is InChI=1S/C16H21N3O2S/c1-10-14(11(2)19(5)17-10)8-18(4)16(21)7-13-6-15(12(3)20)22-9-13/h6,9H,7-8H2,1-5H3. The van der Waals surface area contributed by atoms with Gasteiger partial charge in [-0.15, -0.1) is 11.3 Å². The van der Waals surface area contributed by atoms with Crippen molar-refractivity contribution in [3.05, 3.63) is 38.8 Å². The van der Waals surface area contributed by atoms with Crippen LogP contribution in [-0.2, 0) is 24.8 Å². The predicted octanol–water partition coefficient (Wildman–Crippen LogP) is 2.50. The second-order valence-electron chi connectivity index (χ2n) is 5.57. The van der Waals surface area contributed by atoms with Crippen LogP contribution in [0.4, 0.5) is 0 Å². The van der Waals surface area contributed by atoms with E-state index in [9.17, 15) is 9.59 Å². The van der Waals surface area contributed by atoms with Gasteiger partial charge in [0, 0.05) is 31.9 Å². The van der Waals surface area contributed by atoms with Crippen molar-refractivity contribution in [3.63, 3.8) is 0 Å². The van der Waals surface area contributed by atoms with Crippen molar-refractivity contribution in [3.8, 4) is 0 Å². The Morgan fingerprint density at radius 2 is 2.05 bits per heavy atom. The molecule has 1 amide bonds. The van der Waals surface area contributed by atoms with Crippen LogP contribution in [0.15, 0.2) is 11.4 Å². The first-order valence-electron chi connectivity index (χ1n) is 7.11. The number of Topliss-reactive ketones (excluding diaryl/α,β-unsaturated/α-hetero) is 1. The van der Waals surface area contributed by atoms with Gasteiger partial charge in [0.25, 0.3) is 0 Å². The van der Waals surface area contributed by atoms with Crippen LogP contribution >= 0.6 is 11.3 Å². The lowest BCUT2D eigenvalue weighted by Gasteiger charge is -2.17. The van der Waals surface area contributed by atoms with Gasteiger partial charge in [-0.1, -0.05) is 0 Å². The summed E-state index contributed by atoms with van der Waals surface area (Å²) >= 11 is 1.39. The van der Waals surface area contributed by atoms with E-state index in [1.54, 1.807) is 18.0 Å². The number of rotatable bonds is 5. The summed E-state index contributed by atoms with van der Waals surface area (Å²) < 4.78 is 1.83. The molecule has 0 atom stereocenters. The molecule has 0 aromatic carbocycles. The summed E-state index contributed by atoms with van der Waals surface area (Å²) in [5.41, 5.74) is 4.01. The number of nitrogens with zero attached hydrogens (tertiary/aromatic N) is 3. The van der Waals surface area contributed by atoms with Gasteiger partial charge in [0.1, 0.15) is 0 Å². The van der Waals surface area contributed by atoms with Crippen LogP contribution < -0.4 is 0 Å². The van der Waals surface area contributed by atoms with Crippen molar-refractivity contribution in [1.29, 1.82) is 0 Å². The Balaban J connectivity index is 2.04. The SMILES string of the molecule is CC(=O)c1cc(CC(=O)N(C)Cc2c(C)nn(C)c2C)cs1. The number of thiophene rings is 1. The van der Waals surface area contributed by atoms with E-state index in [1.165, 1.54) is 18.3 Å². The van der Waals surface area contributed by atoms with Crippen molar-refractivity contribution < 1.29 is 9.59 Å². The third kappa shape index (κ3) is 3.44. The fourth-order valence-electron chi connectivity index (χ4n) is 2.33. The molecule has 0 aliphatic carbocycles. The highest BCUT2D eigenvalue weighted by Gasteiger charge is 2.16. The number of hydrogen-bond donors (Lipinski definition) is 0. The molecule has 0 saturated carbocycles. The molecule has 5 nitrogen and oxygen atoms in total. The van der Waals surface area contributed by atoms with E-state index in [0.717, 1.165) is 22.5 Å². The Kier molecular flexibility index (Phi) is 4.81. The molecular formula is C16H21N3O2S. The van der Waals surface area contributed by atoms with Crippen molar-refractivity contribution >= 4 is 23.0 Å². The fourth-order valence-corrected chi connectivity index (χ4v) is 3.15. The first kappa shape index (κ1) is 16.4. The molecule has 0 aliphatic rings. The highest BCUT2D eigenvalue weighted by Crippen LogP contribution is 2.18. The molecule has 2 heterocycles. The predicted molar refractivity (Wildman–Crippen MR) is 87.2 cm³/mol. The highest BCUT2D eigenvalue weighted by atomic mass is 32.1. The minimum atomic E-state index is 0.0376. The number of likely N-dealkylation sites (N-methyl/N-ethyl adjacent to an activating group) is 1. The van der Waals surface area contributed by atoms with Crippen LogP contribution in [-0.4, -0.2) is 33.4 Å². The molecule has 0 bridgehead atoms. The maximum atomic E-state index is 12.3. The molecular weight excluding hydrogens is 298 g/mol. The lowest BCUT2D eigenvalue weighted by atomic mass is 10.1. The minimum Gasteiger partial charge on any atom is -0.341 e. The van der Waals surface area contributed by atoms with Crippen LogP contribution in [0.5, 0.6) is 0 Å². The van der Waals surface area contributed by atoms with Gasteiger partial charge < -0.3 is 4.90 Å². The second kappa shape index (κ2) is 6.44. The van der Waals surface area contributed by atoms with Gasteiger partial charge in [0.15, 0.2) is 5.78 Å². The van der Waals surface area contributed by atoms with Gasteiger partial charge in [-0.3, -0.25) is 14.3 Å². The summed E-state index contributed by atoms with van der Waals surface area (Å²) in [7, 11) is 3.70. The summed E-state index contributed by atoms with van der Waals surface area (Å²) in [6, 6.07) is 1.80. The number of hydrogen-bond acceptors (Lipinski definition) is 4. The molecule has 2 rings (SSSR count). The van der Waals surface area contributed by atoms with E-state index in [2.05, 4.69) is 5.10 Å². The largest absolute Gasteiger partial charge is 0.341 e. The van der Waals surface area contributed by atoms with Crippen molar-refractivity contribution in [1.82, 2.24) is 14.7 Å². The second-order valence-corrected chi connectivity index (χ2v) is 6.49. The summed E-state index contributed by atoms with van der Waals surface area (Å²) in [5.74, 6) is 0.0780. The minimum absolute atomic E-state index is 0.0376. The van der Waals surface area contributed by atoms with E-state index in [0.29, 0.717) is 17.8 Å². The van der Waals surface area contributed by atoms with Crippen molar-refractivity contribution in [2.45, 2.75) is 33.7 Å². The van der Waals surface area contributed by atoms with Crippen LogP contribution in [0.3, 0.4) is 0 Å². The Labute approximate surface area is 134 Å². The first-order chi connectivity index (χ1) is 10.3. The number of carbonyl (C=O) groups is 2. The lowest BCUT2D eigenvalue weighted by molar-refractivity contribution is -0.129. The molecule has 2 aromatic heterocycles. The van der Waals surface area contributed by atoms with Gasteiger partial charge >= 0.3 is 0 Å². The van der Waals surface area contributed by atoms with E-state index in [1.807, 2.05) is 31.0 Å². The number of aryl methyl sites for hydroxylation is 2. The van der Waals surface area contributed by atoms with E-state index < -0.39 is 0 Å². The Hall–Kier alpha value is -1.95. The Bertz CT molecular complexity index is 715. The molecule has 0 unspecified atom stereocenters. The van der Waals surface area contributed by atoms with Crippen LogP contribution in [0.1, 0.15) is 39.1 Å². The molecule has 0 radical (unpaired) electrons. The summed E-state index contributed by atoms with van der Waals surface area (Å²) in [6.07, 6.45) is 0.318. The number of aromatic nitrogens is 2. The van der Waals surface area contributed by atoms with Crippen molar-refractivity contribution in [2.24, 2.45) is 7.05 Å². The third-order valence-electron chi connectivity index (χ3n) is 3.84. The van der Waals surface area contributed by atoms with Crippen LogP contribution in [0, 0.1) is 13.8 Å². The maximum absolute atomic E-state index is 12.3. The van der Waals surface area contributed by atoms with Crippen molar-refractivity contribution in [2.75, 3.05) is 7.05 Å². The van der Waals surface area contributed by atoms with Gasteiger partial charge in [-0.2, -0.15) is 5.10 Å². The number of ketones is 1. The van der Waals surface area contributed by atoms with E-state index >= 15 is 0 Å². The first-order valence-corrected chi connectivity index (χ1v) is 7.99. The van der Waals surface area contributed by atoms with E-state index in [-0.39, 0.29) is 11.7 Å². The van der Waals surface area contributed by atoms with Gasteiger partial charge in [0.05, 0.1) is 17.0 Å². The quantitative estimate of drug-likeness (QED) is 0.796. The molecule has 22 heavy (non-hydrogen) atoms. The lowest BCUT2D eigenvalue weighted by Crippen LogP contribution is -2.28. The summed E-state index contributed by atoms with van der Waals surface area (Å²) in [4.78, 5) is 26.1. The maximum Gasteiger partial charge on any atom is 0.227 e. The number of carbonyl (C=O) groups excluding carboxylic acids is 2. The molecule has 118 valence electrons. The average Bonchev–Trinajstić information content (AvgIpc) is 2.99. The molecule has 6 heteroatoms. The van der Waals surface area contributed by atoms with Gasteiger partial charge in [-0.25, -0.2) is 0 Å². The zero-order valence-corrected chi connectivity index (χ0v) is 14.5. The fraction of sp³-hybridized carbons (Fsp3) is 0.438. The molecule has 0 fully saturated rings. The average molecular weight is 319 g/mol. The van der Waals surface area contributed by atoms with Crippen LogP contribution in [0.25, 0.3) is 0 Å². The zero-order valence-electron chi connectivity index (χ0n) is 13.6. The topological polar surface area (TPSA) is 55.2 Å². The molecule has 2 aromatic rings. The molecule has 0 N–H and O–H groups in total. The third-order valence-corrected chi connectivity index (χ3v) is 4.92. The van der Waals surface area contributed by atoms with E-state index in [4.69, 9.17) is 0 Å².